The summed E-state index contributed by atoms with van der Waals surface area (Å²) in [5.74, 6) is 2.00. The van der Waals surface area contributed by atoms with Gasteiger partial charge in [0.05, 0.1) is 6.61 Å². The van der Waals surface area contributed by atoms with Crippen LogP contribution in [0.5, 0.6) is 11.5 Å². The molecule has 1 aliphatic heterocycles. The second-order valence-electron chi connectivity index (χ2n) is 5.51. The summed E-state index contributed by atoms with van der Waals surface area (Å²) in [6.45, 7) is 7.45. The molecule has 0 spiro atoms. The normalized spacial score (nSPS) is 16.6. The Hall–Kier alpha value is -1.26. The van der Waals surface area contributed by atoms with Crippen LogP contribution in [0, 0.1) is 0 Å². The van der Waals surface area contributed by atoms with Crippen molar-refractivity contribution in [2.75, 3.05) is 26.9 Å². The van der Waals surface area contributed by atoms with E-state index in [1.54, 1.807) is 7.11 Å². The van der Waals surface area contributed by atoms with E-state index in [0.29, 0.717) is 6.61 Å². The first-order chi connectivity index (χ1) is 10.2. The maximum absolute atomic E-state index is 5.84. The van der Waals surface area contributed by atoms with E-state index >= 15 is 0 Å². The van der Waals surface area contributed by atoms with Crippen molar-refractivity contribution in [3.05, 3.63) is 23.3 Å². The second-order valence-corrected chi connectivity index (χ2v) is 5.51. The van der Waals surface area contributed by atoms with Gasteiger partial charge in [-0.15, -0.1) is 0 Å². The molecule has 2 rings (SSSR count). The molecule has 1 aromatic rings. The van der Waals surface area contributed by atoms with Gasteiger partial charge in [0.15, 0.2) is 0 Å². The molecule has 1 aromatic carbocycles. The quantitative estimate of drug-likeness (QED) is 0.711. The summed E-state index contributed by atoms with van der Waals surface area (Å²) >= 11 is 0. The number of ether oxygens (including phenoxy) is 3. The van der Waals surface area contributed by atoms with Gasteiger partial charge in [0.1, 0.15) is 17.6 Å². The van der Waals surface area contributed by atoms with Gasteiger partial charge in [0.25, 0.3) is 0 Å². The lowest BCUT2D eigenvalue weighted by atomic mass is 10.1. The van der Waals surface area contributed by atoms with Crippen molar-refractivity contribution < 1.29 is 14.2 Å². The smallest absolute Gasteiger partial charge is 0.124 e. The number of hydrogen-bond acceptors (Lipinski definition) is 4. The zero-order valence-corrected chi connectivity index (χ0v) is 13.4. The van der Waals surface area contributed by atoms with Crippen LogP contribution in [0.1, 0.15) is 37.8 Å². The molecule has 1 aliphatic rings. The third-order valence-corrected chi connectivity index (χ3v) is 3.65. The van der Waals surface area contributed by atoms with Crippen LogP contribution in [0.4, 0.5) is 0 Å². The van der Waals surface area contributed by atoms with Crippen LogP contribution in [0.15, 0.2) is 12.1 Å². The van der Waals surface area contributed by atoms with E-state index in [0.717, 1.165) is 50.5 Å². The molecule has 0 saturated carbocycles. The highest BCUT2D eigenvalue weighted by Gasteiger charge is 2.21. The molecule has 0 aromatic heterocycles. The Morgan fingerprint density at radius 2 is 2.19 bits per heavy atom. The average molecular weight is 293 g/mol. The Bertz CT molecular complexity index is 448. The number of rotatable bonds is 9. The van der Waals surface area contributed by atoms with Crippen LogP contribution in [-0.4, -0.2) is 33.0 Å². The molecule has 0 amide bonds. The summed E-state index contributed by atoms with van der Waals surface area (Å²) in [7, 11) is 1.74. The van der Waals surface area contributed by atoms with Crippen molar-refractivity contribution in [1.82, 2.24) is 5.32 Å². The minimum absolute atomic E-state index is 0.270. The SMILES string of the molecule is CCOc1cc2c(cc1CNCCCCOC)OC(C)C2. The highest BCUT2D eigenvalue weighted by molar-refractivity contribution is 5.48. The summed E-state index contributed by atoms with van der Waals surface area (Å²) in [6, 6.07) is 4.27. The number of nitrogens with one attached hydrogen (secondary N) is 1. The topological polar surface area (TPSA) is 39.7 Å². The van der Waals surface area contributed by atoms with Crippen molar-refractivity contribution in [3.8, 4) is 11.5 Å². The monoisotopic (exact) mass is 293 g/mol. The molecule has 1 atom stereocenters. The van der Waals surface area contributed by atoms with Gasteiger partial charge in [-0.25, -0.2) is 0 Å². The molecule has 0 aliphatic carbocycles. The molecule has 0 radical (unpaired) electrons. The highest BCUT2D eigenvalue weighted by Crippen LogP contribution is 2.35. The molecule has 21 heavy (non-hydrogen) atoms. The van der Waals surface area contributed by atoms with Gasteiger partial charge < -0.3 is 19.5 Å². The van der Waals surface area contributed by atoms with E-state index in [2.05, 4.69) is 24.4 Å². The van der Waals surface area contributed by atoms with Crippen LogP contribution in [0.2, 0.25) is 0 Å². The van der Waals surface area contributed by atoms with Crippen LogP contribution >= 0.6 is 0 Å². The van der Waals surface area contributed by atoms with E-state index in [9.17, 15) is 0 Å². The first kappa shape index (κ1) is 16.1. The lowest BCUT2D eigenvalue weighted by molar-refractivity contribution is 0.192. The summed E-state index contributed by atoms with van der Waals surface area (Å²) < 4.78 is 16.7. The molecular formula is C17H27NO3. The molecule has 0 saturated heterocycles. The Morgan fingerprint density at radius 3 is 2.95 bits per heavy atom. The fourth-order valence-electron chi connectivity index (χ4n) is 2.63. The fraction of sp³-hybridized carbons (Fsp3) is 0.647. The molecule has 1 N–H and O–H groups in total. The molecular weight excluding hydrogens is 266 g/mol. The summed E-state index contributed by atoms with van der Waals surface area (Å²) in [4.78, 5) is 0. The van der Waals surface area contributed by atoms with Crippen molar-refractivity contribution in [2.45, 2.75) is 45.8 Å². The zero-order valence-electron chi connectivity index (χ0n) is 13.4. The Kier molecular flexibility index (Phi) is 6.33. The van der Waals surface area contributed by atoms with Gasteiger partial charge in [0.2, 0.25) is 0 Å². The third-order valence-electron chi connectivity index (χ3n) is 3.65. The predicted octanol–water partition coefficient (Wildman–Crippen LogP) is 2.92. The third kappa shape index (κ3) is 4.61. The van der Waals surface area contributed by atoms with Crippen LogP contribution in [0.25, 0.3) is 0 Å². The Labute approximate surface area is 127 Å². The fourth-order valence-corrected chi connectivity index (χ4v) is 2.63. The number of methoxy groups -OCH3 is 1. The van der Waals surface area contributed by atoms with Gasteiger partial charge in [-0.3, -0.25) is 0 Å². The first-order valence-corrected chi connectivity index (χ1v) is 7.89. The maximum Gasteiger partial charge on any atom is 0.124 e. The second kappa shape index (κ2) is 8.25. The molecule has 4 nitrogen and oxygen atoms in total. The number of fused-ring (bicyclic) bond motifs is 1. The summed E-state index contributed by atoms with van der Waals surface area (Å²) in [5, 5.41) is 3.47. The van der Waals surface area contributed by atoms with Gasteiger partial charge >= 0.3 is 0 Å². The van der Waals surface area contributed by atoms with Gasteiger partial charge in [-0.05, 0) is 45.4 Å². The molecule has 1 unspecified atom stereocenters. The summed E-state index contributed by atoms with van der Waals surface area (Å²) in [5.41, 5.74) is 2.44. The lowest BCUT2D eigenvalue weighted by Gasteiger charge is -2.13. The van der Waals surface area contributed by atoms with Crippen LogP contribution < -0.4 is 14.8 Å². The standard InChI is InChI=1S/C17H27NO3/c1-4-20-16-10-14-9-13(2)21-17(14)11-15(16)12-18-7-5-6-8-19-3/h10-11,13,18H,4-9,12H2,1-3H3. The van der Waals surface area contributed by atoms with Crippen LogP contribution in [0.3, 0.4) is 0 Å². The molecule has 0 fully saturated rings. The summed E-state index contributed by atoms with van der Waals surface area (Å²) in [6.07, 6.45) is 3.45. The molecule has 1 heterocycles. The minimum atomic E-state index is 0.270. The van der Waals surface area contributed by atoms with Crippen LogP contribution in [-0.2, 0) is 17.7 Å². The average Bonchev–Trinajstić information content (AvgIpc) is 2.82. The van der Waals surface area contributed by atoms with Crippen molar-refractivity contribution in [1.29, 1.82) is 0 Å². The molecule has 4 heteroatoms. The Morgan fingerprint density at radius 1 is 1.33 bits per heavy atom. The van der Waals surface area contributed by atoms with Crippen molar-refractivity contribution in [2.24, 2.45) is 0 Å². The number of benzene rings is 1. The highest BCUT2D eigenvalue weighted by atomic mass is 16.5. The number of unbranched alkanes of at least 4 members (excludes halogenated alkanes) is 1. The Balaban J connectivity index is 1.93. The van der Waals surface area contributed by atoms with Gasteiger partial charge in [0, 0.05) is 37.8 Å². The number of hydrogen-bond donors (Lipinski definition) is 1. The predicted molar refractivity (Wildman–Crippen MR) is 84.2 cm³/mol. The first-order valence-electron chi connectivity index (χ1n) is 7.89. The zero-order chi connectivity index (χ0) is 15.1. The van der Waals surface area contributed by atoms with Crippen molar-refractivity contribution >= 4 is 0 Å². The van der Waals surface area contributed by atoms with E-state index in [1.165, 1.54) is 11.1 Å². The van der Waals surface area contributed by atoms with Gasteiger partial charge in [-0.1, -0.05) is 0 Å². The van der Waals surface area contributed by atoms with E-state index in [-0.39, 0.29) is 6.10 Å². The largest absolute Gasteiger partial charge is 0.494 e. The molecule has 118 valence electrons. The lowest BCUT2D eigenvalue weighted by Crippen LogP contribution is -2.16. The van der Waals surface area contributed by atoms with Crippen molar-refractivity contribution in [3.63, 3.8) is 0 Å². The molecule has 0 bridgehead atoms. The van der Waals surface area contributed by atoms with E-state index < -0.39 is 0 Å². The maximum atomic E-state index is 5.84. The van der Waals surface area contributed by atoms with Gasteiger partial charge in [-0.2, -0.15) is 0 Å². The van der Waals surface area contributed by atoms with E-state index in [4.69, 9.17) is 14.2 Å². The minimum Gasteiger partial charge on any atom is -0.494 e. The van der Waals surface area contributed by atoms with E-state index in [1.807, 2.05) is 6.92 Å².